The van der Waals surface area contributed by atoms with Crippen LogP contribution in [-0.4, -0.2) is 0 Å². The van der Waals surface area contributed by atoms with Gasteiger partial charge < -0.3 is 0 Å². The fourth-order valence-electron chi connectivity index (χ4n) is 2.95. The van der Waals surface area contributed by atoms with Crippen molar-refractivity contribution in [1.82, 2.24) is 0 Å². The summed E-state index contributed by atoms with van der Waals surface area (Å²) in [4.78, 5) is 0. The van der Waals surface area contributed by atoms with Crippen molar-refractivity contribution < 1.29 is 26.3 Å². The van der Waals surface area contributed by atoms with E-state index in [4.69, 9.17) is 0 Å². The molecular weight excluding hydrogens is 294 g/mol. The molecule has 0 aromatic heterocycles. The highest BCUT2D eigenvalue weighted by atomic mass is 19.4. The van der Waals surface area contributed by atoms with Crippen LogP contribution in [0.2, 0.25) is 0 Å². The molecule has 2 unspecified atom stereocenters. The molecule has 1 aliphatic rings. The van der Waals surface area contributed by atoms with Gasteiger partial charge in [0.25, 0.3) is 0 Å². The molecule has 0 heterocycles. The van der Waals surface area contributed by atoms with Crippen LogP contribution >= 0.6 is 0 Å². The Morgan fingerprint density at radius 1 is 0.762 bits per heavy atom. The van der Waals surface area contributed by atoms with Gasteiger partial charge in [0.15, 0.2) is 0 Å². The highest BCUT2D eigenvalue weighted by Crippen LogP contribution is 2.45. The van der Waals surface area contributed by atoms with Gasteiger partial charge in [0, 0.05) is 0 Å². The second-order valence-corrected chi connectivity index (χ2v) is 5.96. The predicted octanol–water partition coefficient (Wildman–Crippen LogP) is 5.87. The van der Waals surface area contributed by atoms with Crippen LogP contribution in [0.4, 0.5) is 26.3 Å². The minimum absolute atomic E-state index is 0.147. The Morgan fingerprint density at radius 3 is 1.48 bits per heavy atom. The normalized spacial score (nSPS) is 27.1. The van der Waals surface area contributed by atoms with Crippen LogP contribution in [-0.2, 0) is 12.4 Å². The molecule has 118 valence electrons. The fraction of sp³-hybridized carbons (Fsp3) is 0.600. The van der Waals surface area contributed by atoms with Gasteiger partial charge in [-0.25, -0.2) is 0 Å². The minimum atomic E-state index is -4.77. The molecule has 2 rings (SSSR count). The van der Waals surface area contributed by atoms with E-state index >= 15 is 0 Å². The predicted molar refractivity (Wildman–Crippen MR) is 66.7 cm³/mol. The lowest BCUT2D eigenvalue weighted by Crippen LogP contribution is -2.12. The molecule has 0 bridgehead atoms. The fourth-order valence-corrected chi connectivity index (χ4v) is 2.95. The van der Waals surface area contributed by atoms with Crippen molar-refractivity contribution in [2.24, 2.45) is 11.8 Å². The Bertz CT molecular complexity index is 472. The van der Waals surface area contributed by atoms with Crippen LogP contribution in [0.1, 0.15) is 49.3 Å². The van der Waals surface area contributed by atoms with Gasteiger partial charge >= 0.3 is 12.4 Å². The Hall–Kier alpha value is -1.20. The lowest BCUT2D eigenvalue weighted by atomic mass is 9.92. The van der Waals surface area contributed by atoms with E-state index in [9.17, 15) is 26.3 Å². The summed E-state index contributed by atoms with van der Waals surface area (Å²) >= 11 is 0. The van der Waals surface area contributed by atoms with E-state index in [1.807, 2.05) is 13.8 Å². The molecule has 6 heteroatoms. The lowest BCUT2D eigenvalue weighted by Gasteiger charge is -2.17. The van der Waals surface area contributed by atoms with Crippen LogP contribution in [0.25, 0.3) is 0 Å². The first-order chi connectivity index (χ1) is 9.48. The number of halogens is 6. The van der Waals surface area contributed by atoms with Crippen LogP contribution in [0.15, 0.2) is 18.2 Å². The number of alkyl halides is 6. The van der Waals surface area contributed by atoms with Crippen molar-refractivity contribution in [3.63, 3.8) is 0 Å². The maximum atomic E-state index is 12.8. The van der Waals surface area contributed by atoms with Gasteiger partial charge in [-0.3, -0.25) is 0 Å². The zero-order valence-electron chi connectivity index (χ0n) is 11.6. The molecule has 1 fully saturated rings. The first-order valence-corrected chi connectivity index (χ1v) is 6.78. The first-order valence-electron chi connectivity index (χ1n) is 6.78. The van der Waals surface area contributed by atoms with Crippen molar-refractivity contribution in [1.29, 1.82) is 0 Å². The Morgan fingerprint density at radius 2 is 1.14 bits per heavy atom. The third kappa shape index (κ3) is 3.52. The SMILES string of the molecule is CC1CC(c2cc(C(F)(F)F)cc(C(F)(F)F)c2)CC1C. The zero-order valence-corrected chi connectivity index (χ0v) is 11.6. The number of hydrogen-bond donors (Lipinski definition) is 0. The summed E-state index contributed by atoms with van der Waals surface area (Å²) in [6.07, 6.45) is -8.29. The molecule has 0 spiro atoms. The second-order valence-electron chi connectivity index (χ2n) is 5.96. The summed E-state index contributed by atoms with van der Waals surface area (Å²) < 4.78 is 76.9. The summed E-state index contributed by atoms with van der Waals surface area (Å²) in [6, 6.07) is 1.92. The van der Waals surface area contributed by atoms with Crippen LogP contribution in [0.5, 0.6) is 0 Å². The Labute approximate surface area is 119 Å². The van der Waals surface area contributed by atoms with Gasteiger partial charge in [-0.2, -0.15) is 26.3 Å². The van der Waals surface area contributed by atoms with Gasteiger partial charge in [-0.1, -0.05) is 13.8 Å². The summed E-state index contributed by atoms with van der Waals surface area (Å²) in [6.45, 7) is 3.95. The van der Waals surface area contributed by atoms with E-state index in [1.165, 1.54) is 0 Å². The van der Waals surface area contributed by atoms with Gasteiger partial charge in [-0.15, -0.1) is 0 Å². The summed E-state index contributed by atoms with van der Waals surface area (Å²) in [5.41, 5.74) is -2.30. The topological polar surface area (TPSA) is 0 Å². The average molecular weight is 310 g/mol. The van der Waals surface area contributed by atoms with Crippen molar-refractivity contribution in [3.8, 4) is 0 Å². The van der Waals surface area contributed by atoms with Crippen LogP contribution < -0.4 is 0 Å². The molecule has 0 radical (unpaired) electrons. The second kappa shape index (κ2) is 5.21. The molecule has 1 saturated carbocycles. The molecule has 2 atom stereocenters. The molecule has 0 N–H and O–H groups in total. The first kappa shape index (κ1) is 16.2. The maximum Gasteiger partial charge on any atom is 0.416 e. The number of hydrogen-bond acceptors (Lipinski definition) is 0. The Kier molecular flexibility index (Phi) is 4.02. The maximum absolute atomic E-state index is 12.8. The van der Waals surface area contributed by atoms with Crippen molar-refractivity contribution in [3.05, 3.63) is 34.9 Å². The Balaban J connectivity index is 2.46. The summed E-state index contributed by atoms with van der Waals surface area (Å²) in [7, 11) is 0. The highest BCUT2D eigenvalue weighted by Gasteiger charge is 2.38. The van der Waals surface area contributed by atoms with E-state index in [-0.39, 0.29) is 17.5 Å². The molecule has 0 nitrogen and oxygen atoms in total. The molecule has 0 aliphatic heterocycles. The zero-order chi connectivity index (χ0) is 16.0. The quantitative estimate of drug-likeness (QED) is 0.569. The number of rotatable bonds is 1. The smallest absolute Gasteiger partial charge is 0.166 e. The minimum Gasteiger partial charge on any atom is -0.166 e. The van der Waals surface area contributed by atoms with E-state index in [1.54, 1.807) is 0 Å². The van der Waals surface area contributed by atoms with E-state index in [0.29, 0.717) is 24.7 Å². The molecule has 21 heavy (non-hydrogen) atoms. The van der Waals surface area contributed by atoms with Crippen LogP contribution in [0, 0.1) is 11.8 Å². The van der Waals surface area contributed by atoms with E-state index in [2.05, 4.69) is 0 Å². The highest BCUT2D eigenvalue weighted by molar-refractivity contribution is 5.36. The molecule has 1 aromatic carbocycles. The van der Waals surface area contributed by atoms with E-state index in [0.717, 1.165) is 12.1 Å². The molecule has 1 aliphatic carbocycles. The third-order valence-corrected chi connectivity index (χ3v) is 4.37. The standard InChI is InChI=1S/C15H16F6/c1-8-3-10(4-9(8)2)11-5-12(14(16,17)18)7-13(6-11)15(19,20)21/h5-10H,3-4H2,1-2H3. The summed E-state index contributed by atoms with van der Waals surface area (Å²) in [5, 5.41) is 0. The number of benzene rings is 1. The van der Waals surface area contributed by atoms with Gasteiger partial charge in [0.2, 0.25) is 0 Å². The molecule has 0 saturated heterocycles. The monoisotopic (exact) mass is 310 g/mol. The summed E-state index contributed by atoms with van der Waals surface area (Å²) in [5.74, 6) is 0.371. The van der Waals surface area contributed by atoms with Gasteiger partial charge in [0.1, 0.15) is 0 Å². The van der Waals surface area contributed by atoms with Crippen molar-refractivity contribution >= 4 is 0 Å². The molecule has 0 amide bonds. The lowest BCUT2D eigenvalue weighted by molar-refractivity contribution is -0.143. The van der Waals surface area contributed by atoms with Gasteiger partial charge in [-0.05, 0) is 54.4 Å². The molecular formula is C15H16F6. The van der Waals surface area contributed by atoms with Crippen LogP contribution in [0.3, 0.4) is 0 Å². The average Bonchev–Trinajstić information content (AvgIpc) is 2.67. The largest absolute Gasteiger partial charge is 0.416 e. The van der Waals surface area contributed by atoms with Crippen molar-refractivity contribution in [2.45, 2.75) is 45.0 Å². The molecule has 1 aromatic rings. The van der Waals surface area contributed by atoms with E-state index < -0.39 is 23.5 Å². The third-order valence-electron chi connectivity index (χ3n) is 4.37. The van der Waals surface area contributed by atoms with Gasteiger partial charge in [0.05, 0.1) is 11.1 Å². The van der Waals surface area contributed by atoms with Crippen molar-refractivity contribution in [2.75, 3.05) is 0 Å².